The second-order valence-corrected chi connectivity index (χ2v) is 15.8. The third kappa shape index (κ3) is 7.15. The number of thiophene rings is 1. The molecule has 1 aromatic heterocycles. The van der Waals surface area contributed by atoms with Crippen molar-refractivity contribution in [1.29, 1.82) is 0 Å². The van der Waals surface area contributed by atoms with Gasteiger partial charge in [0.1, 0.15) is 0 Å². The highest BCUT2D eigenvalue weighted by Crippen LogP contribution is 2.45. The number of hydrogen-bond acceptors (Lipinski definition) is 4. The van der Waals surface area contributed by atoms with Crippen LogP contribution in [0.25, 0.3) is 31.3 Å². The summed E-state index contributed by atoms with van der Waals surface area (Å²) in [4.78, 5) is 4.77. The number of nitrogens with zero attached hydrogens (tertiary/aromatic N) is 2. The lowest BCUT2D eigenvalue weighted by atomic mass is 9.99. The summed E-state index contributed by atoms with van der Waals surface area (Å²) in [7, 11) is 0. The number of anilines is 8. The number of rotatable bonds is 9. The van der Waals surface area contributed by atoms with Crippen LogP contribution in [0.5, 0.6) is 0 Å². The minimum Gasteiger partial charge on any atom is -0.355 e. The van der Waals surface area contributed by atoms with Gasteiger partial charge in [0.15, 0.2) is 0 Å². The van der Waals surface area contributed by atoms with Gasteiger partial charge in [0.2, 0.25) is 0 Å². The van der Waals surface area contributed by atoms with E-state index in [0.717, 1.165) is 51.1 Å². The van der Waals surface area contributed by atoms with Gasteiger partial charge < -0.3 is 15.1 Å². The fourth-order valence-corrected chi connectivity index (χ4v) is 8.54. The first kappa shape index (κ1) is 35.1. The Morgan fingerprint density at radius 2 is 0.821 bits per heavy atom. The smallest absolute Gasteiger partial charge is 0.0488 e. The Balaban J connectivity index is 1.24. The zero-order valence-corrected chi connectivity index (χ0v) is 32.9. The first-order chi connectivity index (χ1) is 27.3. The van der Waals surface area contributed by atoms with E-state index in [-0.39, 0.29) is 0 Å². The average Bonchev–Trinajstić information content (AvgIpc) is 3.58. The van der Waals surface area contributed by atoms with Gasteiger partial charge in [-0.2, -0.15) is 0 Å². The van der Waals surface area contributed by atoms with Crippen molar-refractivity contribution in [2.45, 2.75) is 27.7 Å². The quantitative estimate of drug-likeness (QED) is 0.159. The van der Waals surface area contributed by atoms with Crippen LogP contribution in [-0.4, -0.2) is 0 Å². The van der Waals surface area contributed by atoms with Crippen LogP contribution < -0.4 is 15.1 Å². The summed E-state index contributed by atoms with van der Waals surface area (Å²) in [5.41, 5.74) is 16.0. The molecule has 1 heterocycles. The highest BCUT2D eigenvalue weighted by molar-refractivity contribution is 7.25. The maximum atomic E-state index is 3.57. The Bertz CT molecular complexity index is 2580. The van der Waals surface area contributed by atoms with Crippen LogP contribution in [0.2, 0.25) is 0 Å². The topological polar surface area (TPSA) is 18.5 Å². The molecule has 3 nitrogen and oxygen atoms in total. The second-order valence-electron chi connectivity index (χ2n) is 14.8. The first-order valence-corrected chi connectivity index (χ1v) is 20.0. The molecule has 0 bridgehead atoms. The largest absolute Gasteiger partial charge is 0.355 e. The molecule has 0 fully saturated rings. The highest BCUT2D eigenvalue weighted by Gasteiger charge is 2.20. The normalized spacial score (nSPS) is 11.2. The fourth-order valence-electron chi connectivity index (χ4n) is 7.41. The van der Waals surface area contributed by atoms with Crippen LogP contribution in [0.1, 0.15) is 22.3 Å². The lowest BCUT2D eigenvalue weighted by molar-refractivity contribution is 1.24. The van der Waals surface area contributed by atoms with Gasteiger partial charge in [-0.1, -0.05) is 101 Å². The number of fused-ring (bicyclic) bond motifs is 3. The van der Waals surface area contributed by atoms with Crippen LogP contribution in [0.15, 0.2) is 182 Å². The zero-order valence-electron chi connectivity index (χ0n) is 32.1. The summed E-state index contributed by atoms with van der Waals surface area (Å²) < 4.78 is 2.54. The molecule has 0 amide bonds. The summed E-state index contributed by atoms with van der Waals surface area (Å²) in [5.74, 6) is 0. The fraction of sp³-hybridized carbons (Fsp3) is 0.0769. The van der Waals surface area contributed by atoms with Crippen molar-refractivity contribution in [3.8, 4) is 11.1 Å². The Morgan fingerprint density at radius 1 is 0.339 bits per heavy atom. The van der Waals surface area contributed by atoms with Crippen molar-refractivity contribution in [1.82, 2.24) is 0 Å². The molecule has 9 aromatic rings. The number of hydrogen-bond donors (Lipinski definition) is 1. The van der Waals surface area contributed by atoms with Crippen LogP contribution in [0.3, 0.4) is 0 Å². The summed E-state index contributed by atoms with van der Waals surface area (Å²) in [6.07, 6.45) is 0. The number of para-hydroxylation sites is 1. The predicted molar refractivity (Wildman–Crippen MR) is 243 cm³/mol. The monoisotopic (exact) mass is 741 g/mol. The van der Waals surface area contributed by atoms with Crippen LogP contribution in [-0.2, 0) is 0 Å². The molecule has 9 rings (SSSR count). The van der Waals surface area contributed by atoms with E-state index in [0.29, 0.717) is 0 Å². The Morgan fingerprint density at radius 3 is 1.30 bits per heavy atom. The van der Waals surface area contributed by atoms with E-state index in [1.165, 1.54) is 48.0 Å². The lowest BCUT2D eigenvalue weighted by Crippen LogP contribution is -2.13. The maximum Gasteiger partial charge on any atom is 0.0488 e. The van der Waals surface area contributed by atoms with Crippen molar-refractivity contribution in [2.75, 3.05) is 15.1 Å². The molecular formula is C52H43N3S. The van der Waals surface area contributed by atoms with Crippen molar-refractivity contribution >= 4 is 77.0 Å². The van der Waals surface area contributed by atoms with E-state index >= 15 is 0 Å². The lowest BCUT2D eigenvalue weighted by Gasteiger charge is -2.30. The maximum absolute atomic E-state index is 3.57. The van der Waals surface area contributed by atoms with E-state index in [1.54, 1.807) is 0 Å². The van der Waals surface area contributed by atoms with Crippen LogP contribution in [0, 0.1) is 27.7 Å². The standard InChI is InChI=1S/C52H43N3S/c1-35-10-20-43(21-11-35)54(44-22-12-36(2)13-23-44)47-30-40(31-48(34-47)55(45-24-14-37(3)15-25-45)46-26-16-38(4)17-27-46)39-18-29-51-50(32-39)49-28-19-42(33-52(49)56-51)53-41-8-6-5-7-9-41/h5-34,53H,1-4H3. The molecule has 0 saturated carbocycles. The number of benzene rings is 8. The summed E-state index contributed by atoms with van der Waals surface area (Å²) in [5, 5.41) is 6.11. The molecule has 0 atom stereocenters. The van der Waals surface area contributed by atoms with Gasteiger partial charge in [-0.3, -0.25) is 0 Å². The zero-order chi connectivity index (χ0) is 38.2. The molecule has 272 valence electrons. The van der Waals surface area contributed by atoms with E-state index in [1.807, 2.05) is 17.4 Å². The van der Waals surface area contributed by atoms with Gasteiger partial charge >= 0.3 is 0 Å². The minimum atomic E-state index is 1.08. The molecule has 0 aliphatic heterocycles. The number of aryl methyl sites for hydroxylation is 4. The van der Waals surface area contributed by atoms with Crippen molar-refractivity contribution in [2.24, 2.45) is 0 Å². The first-order valence-electron chi connectivity index (χ1n) is 19.2. The summed E-state index contributed by atoms with van der Waals surface area (Å²) in [6, 6.07) is 66.5. The van der Waals surface area contributed by atoms with Gasteiger partial charge in [0.05, 0.1) is 0 Å². The summed E-state index contributed by atoms with van der Waals surface area (Å²) in [6.45, 7) is 8.57. The van der Waals surface area contributed by atoms with E-state index in [9.17, 15) is 0 Å². The van der Waals surface area contributed by atoms with Gasteiger partial charge in [-0.05, 0) is 142 Å². The second kappa shape index (κ2) is 14.9. The van der Waals surface area contributed by atoms with E-state index in [4.69, 9.17) is 0 Å². The minimum absolute atomic E-state index is 1.08. The van der Waals surface area contributed by atoms with Gasteiger partial charge in [-0.15, -0.1) is 11.3 Å². The molecule has 0 unspecified atom stereocenters. The van der Waals surface area contributed by atoms with Gasteiger partial charge in [0, 0.05) is 65.7 Å². The third-order valence-corrected chi connectivity index (χ3v) is 11.6. The van der Waals surface area contributed by atoms with Crippen molar-refractivity contribution in [3.63, 3.8) is 0 Å². The SMILES string of the molecule is Cc1ccc(N(c2ccc(C)cc2)c2cc(-c3ccc4sc5cc(Nc6ccccc6)ccc5c4c3)cc(N(c3ccc(C)cc3)c3ccc(C)cc3)c2)cc1. The molecule has 1 N–H and O–H groups in total. The van der Waals surface area contributed by atoms with Crippen LogP contribution >= 0.6 is 11.3 Å². The molecule has 0 radical (unpaired) electrons. The van der Waals surface area contributed by atoms with Crippen molar-refractivity contribution < 1.29 is 0 Å². The number of nitrogens with one attached hydrogen (secondary N) is 1. The van der Waals surface area contributed by atoms with E-state index < -0.39 is 0 Å². The molecule has 0 saturated heterocycles. The molecule has 56 heavy (non-hydrogen) atoms. The highest BCUT2D eigenvalue weighted by atomic mass is 32.1. The van der Waals surface area contributed by atoms with Crippen LogP contribution in [0.4, 0.5) is 45.5 Å². The average molecular weight is 742 g/mol. The Hall–Kier alpha value is -6.62. The predicted octanol–water partition coefficient (Wildman–Crippen LogP) is 15.6. The van der Waals surface area contributed by atoms with Crippen molar-refractivity contribution in [3.05, 3.63) is 204 Å². The third-order valence-electron chi connectivity index (χ3n) is 10.5. The Kier molecular flexibility index (Phi) is 9.34. The van der Waals surface area contributed by atoms with E-state index in [2.05, 4.69) is 219 Å². The molecule has 4 heteroatoms. The molecule has 8 aromatic carbocycles. The molecule has 0 aliphatic rings. The molecule has 0 aliphatic carbocycles. The van der Waals surface area contributed by atoms with Gasteiger partial charge in [-0.25, -0.2) is 0 Å². The summed E-state index contributed by atoms with van der Waals surface area (Å²) >= 11 is 1.84. The Labute approximate surface area is 333 Å². The molecule has 0 spiro atoms. The molecular weight excluding hydrogens is 699 g/mol. The van der Waals surface area contributed by atoms with Gasteiger partial charge in [0.25, 0.3) is 0 Å².